The minimum absolute atomic E-state index is 0.101. The number of benzene rings is 1. The third-order valence-corrected chi connectivity index (χ3v) is 4.07. The lowest BCUT2D eigenvalue weighted by atomic mass is 10.3. The average molecular weight is 448 g/mol. The minimum Gasteiger partial charge on any atom is -0.206 e. The Hall–Kier alpha value is 0.750. The second-order valence-corrected chi connectivity index (χ2v) is 5.68. The van der Waals surface area contributed by atoms with Gasteiger partial charge in [-0.3, -0.25) is 0 Å². The monoisotopic (exact) mass is 448 g/mol. The van der Waals surface area contributed by atoms with Gasteiger partial charge in [-0.2, -0.15) is 13.2 Å². The Kier molecular flexibility index (Phi) is 4.33. The van der Waals surface area contributed by atoms with Crippen LogP contribution in [0.2, 0.25) is 0 Å². The van der Waals surface area contributed by atoms with Crippen molar-refractivity contribution < 1.29 is 17.6 Å². The summed E-state index contributed by atoms with van der Waals surface area (Å²) < 4.78 is 49.6. The fourth-order valence-corrected chi connectivity index (χ4v) is 3.14. The van der Waals surface area contributed by atoms with Crippen molar-refractivity contribution in [2.75, 3.05) is 0 Å². The Labute approximate surface area is 109 Å². The van der Waals surface area contributed by atoms with Crippen LogP contribution in [0.15, 0.2) is 17.0 Å². The van der Waals surface area contributed by atoms with Gasteiger partial charge in [0, 0.05) is 12.0 Å². The van der Waals surface area contributed by atoms with E-state index >= 15 is 0 Å². The van der Waals surface area contributed by atoms with Crippen molar-refractivity contribution >= 4 is 56.9 Å². The number of halogens is 6. The number of rotatable bonds is 1. The Morgan fingerprint density at radius 2 is 1.64 bits per heavy atom. The molecule has 14 heavy (non-hydrogen) atoms. The van der Waals surface area contributed by atoms with Gasteiger partial charge >= 0.3 is 5.51 Å². The molecular formula is C7H2F4I2S. The maximum absolute atomic E-state index is 12.9. The van der Waals surface area contributed by atoms with Crippen LogP contribution < -0.4 is 0 Å². The molecule has 0 aliphatic rings. The molecule has 0 bridgehead atoms. The zero-order chi connectivity index (χ0) is 10.9. The lowest BCUT2D eigenvalue weighted by Gasteiger charge is -2.08. The highest BCUT2D eigenvalue weighted by Gasteiger charge is 2.30. The molecule has 7 heteroatoms. The van der Waals surface area contributed by atoms with E-state index in [2.05, 4.69) is 0 Å². The van der Waals surface area contributed by atoms with Crippen LogP contribution in [0.5, 0.6) is 0 Å². The molecule has 78 valence electrons. The Bertz CT molecular complexity index is 350. The SMILES string of the molecule is Fc1cc(SC(F)(F)F)c(I)cc1I. The molecule has 0 unspecified atom stereocenters. The predicted molar refractivity (Wildman–Crippen MR) is 63.7 cm³/mol. The summed E-state index contributed by atoms with van der Waals surface area (Å²) in [4.78, 5) is -0.101. The summed E-state index contributed by atoms with van der Waals surface area (Å²) >= 11 is 3.18. The van der Waals surface area contributed by atoms with Gasteiger partial charge in [-0.25, -0.2) is 4.39 Å². The van der Waals surface area contributed by atoms with Crippen molar-refractivity contribution in [1.82, 2.24) is 0 Å². The van der Waals surface area contributed by atoms with Crippen molar-refractivity contribution in [2.45, 2.75) is 10.4 Å². The normalized spacial score (nSPS) is 11.9. The second-order valence-electron chi connectivity index (χ2n) is 2.24. The zero-order valence-electron chi connectivity index (χ0n) is 6.33. The van der Waals surface area contributed by atoms with E-state index in [1.165, 1.54) is 6.07 Å². The lowest BCUT2D eigenvalue weighted by Crippen LogP contribution is -2.01. The van der Waals surface area contributed by atoms with Gasteiger partial charge in [0.15, 0.2) is 0 Å². The van der Waals surface area contributed by atoms with Crippen molar-refractivity contribution in [3.8, 4) is 0 Å². The molecular weight excluding hydrogens is 446 g/mol. The van der Waals surface area contributed by atoms with Crippen LogP contribution in [0.1, 0.15) is 0 Å². The Morgan fingerprint density at radius 3 is 2.14 bits per heavy atom. The average Bonchev–Trinajstić information content (AvgIpc) is 1.97. The highest BCUT2D eigenvalue weighted by Crippen LogP contribution is 2.39. The highest BCUT2D eigenvalue weighted by molar-refractivity contribution is 14.1. The molecule has 0 fully saturated rings. The van der Waals surface area contributed by atoms with E-state index in [-0.39, 0.29) is 16.7 Å². The number of hydrogen-bond acceptors (Lipinski definition) is 1. The van der Waals surface area contributed by atoms with Crippen LogP contribution in [0.4, 0.5) is 17.6 Å². The summed E-state index contributed by atoms with van der Waals surface area (Å²) in [5, 5.41) is 0. The third kappa shape index (κ3) is 3.72. The summed E-state index contributed by atoms with van der Waals surface area (Å²) in [6.45, 7) is 0. The van der Waals surface area contributed by atoms with Crippen LogP contribution in [-0.2, 0) is 0 Å². The molecule has 0 spiro atoms. The highest BCUT2D eigenvalue weighted by atomic mass is 127. The van der Waals surface area contributed by atoms with Gasteiger partial charge in [0.25, 0.3) is 0 Å². The quantitative estimate of drug-likeness (QED) is 0.261. The molecule has 0 amide bonds. The molecule has 1 aromatic carbocycles. The predicted octanol–water partition coefficient (Wildman–Crippen LogP) is 4.65. The van der Waals surface area contributed by atoms with Crippen LogP contribution in [-0.4, -0.2) is 5.51 Å². The third-order valence-electron chi connectivity index (χ3n) is 1.20. The summed E-state index contributed by atoms with van der Waals surface area (Å²) in [7, 11) is 0. The lowest BCUT2D eigenvalue weighted by molar-refractivity contribution is -0.0328. The standard InChI is InChI=1S/C7H2F4I2S/c8-3-1-6(14-7(9,10)11)5(13)2-4(3)12/h1-2H. The van der Waals surface area contributed by atoms with Crippen molar-refractivity contribution in [1.29, 1.82) is 0 Å². The van der Waals surface area contributed by atoms with Gasteiger partial charge in [0.05, 0.1) is 0 Å². The van der Waals surface area contributed by atoms with Crippen LogP contribution in [0.3, 0.4) is 0 Å². The van der Waals surface area contributed by atoms with E-state index in [0.717, 1.165) is 6.07 Å². The molecule has 0 N–H and O–H groups in total. The Morgan fingerprint density at radius 1 is 1.07 bits per heavy atom. The van der Waals surface area contributed by atoms with Crippen LogP contribution >= 0.6 is 56.9 Å². The second kappa shape index (κ2) is 4.73. The molecule has 0 radical (unpaired) electrons. The summed E-state index contributed by atoms with van der Waals surface area (Å²) in [5.74, 6) is -0.627. The Balaban J connectivity index is 3.04. The van der Waals surface area contributed by atoms with E-state index < -0.39 is 11.3 Å². The summed E-state index contributed by atoms with van der Waals surface area (Å²) in [6.07, 6.45) is 0. The first-order valence-corrected chi connectivity index (χ1v) is 6.17. The maximum atomic E-state index is 12.9. The minimum atomic E-state index is -4.38. The molecule has 0 aromatic heterocycles. The summed E-state index contributed by atoms with van der Waals surface area (Å²) in [5.41, 5.74) is -4.38. The zero-order valence-corrected chi connectivity index (χ0v) is 11.5. The molecule has 0 heterocycles. The molecule has 0 aliphatic heterocycles. The molecule has 0 saturated carbocycles. The number of hydrogen-bond donors (Lipinski definition) is 0. The van der Waals surface area contributed by atoms with Gasteiger partial charge in [0.1, 0.15) is 5.82 Å². The fourth-order valence-electron chi connectivity index (χ4n) is 0.707. The van der Waals surface area contributed by atoms with Crippen molar-refractivity contribution in [3.05, 3.63) is 25.1 Å². The molecule has 1 aromatic rings. The first-order valence-electron chi connectivity index (χ1n) is 3.20. The smallest absolute Gasteiger partial charge is 0.206 e. The van der Waals surface area contributed by atoms with Gasteiger partial charge in [0.2, 0.25) is 0 Å². The molecule has 1 rings (SSSR count). The van der Waals surface area contributed by atoms with Gasteiger partial charge < -0.3 is 0 Å². The van der Waals surface area contributed by atoms with Gasteiger partial charge in [-0.1, -0.05) is 0 Å². The van der Waals surface area contributed by atoms with Gasteiger partial charge in [-0.05, 0) is 69.1 Å². The molecule has 0 nitrogen and oxygen atoms in total. The topological polar surface area (TPSA) is 0 Å². The molecule has 0 atom stereocenters. The van der Waals surface area contributed by atoms with E-state index in [1.54, 1.807) is 45.2 Å². The van der Waals surface area contributed by atoms with Crippen molar-refractivity contribution in [3.63, 3.8) is 0 Å². The van der Waals surface area contributed by atoms with Crippen molar-refractivity contribution in [2.24, 2.45) is 0 Å². The van der Waals surface area contributed by atoms with E-state index in [1.807, 2.05) is 0 Å². The largest absolute Gasteiger partial charge is 0.446 e. The van der Waals surface area contributed by atoms with E-state index in [4.69, 9.17) is 0 Å². The molecule has 0 aliphatic carbocycles. The van der Waals surface area contributed by atoms with E-state index in [9.17, 15) is 17.6 Å². The maximum Gasteiger partial charge on any atom is 0.446 e. The molecule has 0 saturated heterocycles. The van der Waals surface area contributed by atoms with Crippen LogP contribution in [0, 0.1) is 13.0 Å². The first kappa shape index (κ1) is 12.8. The van der Waals surface area contributed by atoms with E-state index in [0.29, 0.717) is 7.14 Å². The number of alkyl halides is 3. The summed E-state index contributed by atoms with van der Waals surface area (Å²) in [6, 6.07) is 2.28. The number of thioether (sulfide) groups is 1. The fraction of sp³-hybridized carbons (Fsp3) is 0.143. The van der Waals surface area contributed by atoms with Crippen LogP contribution in [0.25, 0.3) is 0 Å². The first-order chi connectivity index (χ1) is 6.29. The van der Waals surface area contributed by atoms with Gasteiger partial charge in [-0.15, -0.1) is 0 Å².